The predicted molar refractivity (Wildman–Crippen MR) is 74.7 cm³/mol. The van der Waals surface area contributed by atoms with Gasteiger partial charge in [0.25, 0.3) is 5.91 Å². The SMILES string of the molecule is Cn1c(C(=O)NCC(C)(C)C)cc2ccccc21. The fourth-order valence-corrected chi connectivity index (χ4v) is 1.94. The lowest BCUT2D eigenvalue weighted by atomic mass is 9.97. The van der Waals surface area contributed by atoms with Gasteiger partial charge in [0, 0.05) is 24.5 Å². The minimum Gasteiger partial charge on any atom is -0.350 e. The molecular weight excluding hydrogens is 224 g/mol. The van der Waals surface area contributed by atoms with Gasteiger partial charge in [0.05, 0.1) is 0 Å². The molecule has 0 aliphatic carbocycles. The topological polar surface area (TPSA) is 34.0 Å². The van der Waals surface area contributed by atoms with E-state index in [1.807, 2.05) is 41.9 Å². The van der Waals surface area contributed by atoms with Crippen molar-refractivity contribution < 1.29 is 4.79 Å². The van der Waals surface area contributed by atoms with Gasteiger partial charge in [-0.3, -0.25) is 4.79 Å². The second kappa shape index (κ2) is 4.48. The molecule has 3 heteroatoms. The van der Waals surface area contributed by atoms with Crippen LogP contribution < -0.4 is 5.32 Å². The Balaban J connectivity index is 2.26. The lowest BCUT2D eigenvalue weighted by molar-refractivity contribution is 0.0931. The Kier molecular flexibility index (Phi) is 3.16. The van der Waals surface area contributed by atoms with Gasteiger partial charge in [-0.05, 0) is 17.5 Å². The quantitative estimate of drug-likeness (QED) is 0.866. The lowest BCUT2D eigenvalue weighted by Gasteiger charge is -2.18. The summed E-state index contributed by atoms with van der Waals surface area (Å²) in [5, 5.41) is 4.08. The highest BCUT2D eigenvalue weighted by Crippen LogP contribution is 2.18. The van der Waals surface area contributed by atoms with Crippen molar-refractivity contribution in [3.8, 4) is 0 Å². The Morgan fingerprint density at radius 2 is 1.94 bits per heavy atom. The van der Waals surface area contributed by atoms with Crippen LogP contribution in [-0.2, 0) is 7.05 Å². The molecule has 3 nitrogen and oxygen atoms in total. The van der Waals surface area contributed by atoms with Gasteiger partial charge >= 0.3 is 0 Å². The number of carbonyl (C=O) groups excluding carboxylic acids is 1. The van der Waals surface area contributed by atoms with Gasteiger partial charge in [-0.1, -0.05) is 39.0 Å². The second-order valence-corrected chi connectivity index (χ2v) is 5.89. The van der Waals surface area contributed by atoms with Gasteiger partial charge in [-0.2, -0.15) is 0 Å². The minimum atomic E-state index is -0.0105. The molecule has 2 aromatic rings. The molecule has 0 unspecified atom stereocenters. The molecule has 0 saturated heterocycles. The molecule has 0 bridgehead atoms. The number of fused-ring (bicyclic) bond motifs is 1. The second-order valence-electron chi connectivity index (χ2n) is 5.89. The Morgan fingerprint density at radius 1 is 1.28 bits per heavy atom. The van der Waals surface area contributed by atoms with Crippen LogP contribution in [0, 0.1) is 5.41 Å². The molecule has 2 rings (SSSR count). The predicted octanol–water partition coefficient (Wildman–Crippen LogP) is 2.95. The number of aromatic nitrogens is 1. The van der Waals surface area contributed by atoms with Crippen molar-refractivity contribution in [3.63, 3.8) is 0 Å². The average Bonchev–Trinajstić information content (AvgIpc) is 2.64. The third-order valence-corrected chi connectivity index (χ3v) is 2.96. The van der Waals surface area contributed by atoms with E-state index >= 15 is 0 Å². The number of hydrogen-bond acceptors (Lipinski definition) is 1. The molecule has 0 aliphatic heterocycles. The smallest absolute Gasteiger partial charge is 0.267 e. The molecule has 96 valence electrons. The third-order valence-electron chi connectivity index (χ3n) is 2.96. The van der Waals surface area contributed by atoms with Crippen LogP contribution in [0.4, 0.5) is 0 Å². The van der Waals surface area contributed by atoms with Gasteiger partial charge < -0.3 is 9.88 Å². The molecule has 1 heterocycles. The van der Waals surface area contributed by atoms with Crippen LogP contribution in [0.15, 0.2) is 30.3 Å². The maximum atomic E-state index is 12.1. The fraction of sp³-hybridized carbons (Fsp3) is 0.400. The first kappa shape index (κ1) is 12.7. The summed E-state index contributed by atoms with van der Waals surface area (Å²) in [4.78, 5) is 12.1. The van der Waals surface area contributed by atoms with Gasteiger partial charge in [0.2, 0.25) is 0 Å². The van der Waals surface area contributed by atoms with Crippen molar-refractivity contribution >= 4 is 16.8 Å². The highest BCUT2D eigenvalue weighted by molar-refractivity contribution is 5.98. The zero-order valence-electron chi connectivity index (χ0n) is 11.4. The van der Waals surface area contributed by atoms with Crippen molar-refractivity contribution in [2.24, 2.45) is 12.5 Å². The molecule has 0 radical (unpaired) electrons. The normalized spacial score (nSPS) is 11.8. The van der Waals surface area contributed by atoms with Gasteiger partial charge in [-0.25, -0.2) is 0 Å². The van der Waals surface area contributed by atoms with Crippen LogP contribution in [0.5, 0.6) is 0 Å². The summed E-state index contributed by atoms with van der Waals surface area (Å²) >= 11 is 0. The molecule has 1 aromatic carbocycles. The molecule has 0 fully saturated rings. The minimum absolute atomic E-state index is 0.0105. The van der Waals surface area contributed by atoms with Gasteiger partial charge in [0.1, 0.15) is 5.69 Å². The summed E-state index contributed by atoms with van der Waals surface area (Å²) in [6, 6.07) is 9.96. The number of amides is 1. The number of para-hydroxylation sites is 1. The van der Waals surface area contributed by atoms with E-state index in [1.165, 1.54) is 0 Å². The Labute approximate surface area is 108 Å². The summed E-state index contributed by atoms with van der Waals surface area (Å²) in [7, 11) is 1.92. The van der Waals surface area contributed by atoms with E-state index < -0.39 is 0 Å². The number of rotatable bonds is 2. The molecule has 1 aromatic heterocycles. The van der Waals surface area contributed by atoms with Crippen LogP contribution >= 0.6 is 0 Å². The summed E-state index contributed by atoms with van der Waals surface area (Å²) in [6.45, 7) is 6.99. The third kappa shape index (κ3) is 2.55. The number of nitrogens with one attached hydrogen (secondary N) is 1. The van der Waals surface area contributed by atoms with Crippen molar-refractivity contribution in [2.45, 2.75) is 20.8 Å². The van der Waals surface area contributed by atoms with E-state index in [1.54, 1.807) is 0 Å². The molecule has 0 aliphatic rings. The number of carbonyl (C=O) groups is 1. The number of hydrogen-bond donors (Lipinski definition) is 1. The lowest BCUT2D eigenvalue weighted by Crippen LogP contribution is -2.33. The van der Waals surface area contributed by atoms with Crippen molar-refractivity contribution in [1.82, 2.24) is 9.88 Å². The maximum absolute atomic E-state index is 12.1. The van der Waals surface area contributed by atoms with Gasteiger partial charge in [0.15, 0.2) is 0 Å². The highest BCUT2D eigenvalue weighted by Gasteiger charge is 2.16. The first-order valence-electron chi connectivity index (χ1n) is 6.21. The number of aryl methyl sites for hydroxylation is 1. The highest BCUT2D eigenvalue weighted by atomic mass is 16.1. The standard InChI is InChI=1S/C15H20N2O/c1-15(2,3)10-16-14(18)13-9-11-7-5-6-8-12(11)17(13)4/h5-9H,10H2,1-4H3,(H,16,18). The van der Waals surface area contributed by atoms with E-state index in [9.17, 15) is 4.79 Å². The number of nitrogens with zero attached hydrogens (tertiary/aromatic N) is 1. The first-order chi connectivity index (χ1) is 8.38. The summed E-state index contributed by atoms with van der Waals surface area (Å²) in [6.07, 6.45) is 0. The summed E-state index contributed by atoms with van der Waals surface area (Å²) in [5.74, 6) is -0.0105. The van der Waals surface area contributed by atoms with Gasteiger partial charge in [-0.15, -0.1) is 0 Å². The molecule has 0 spiro atoms. The van der Waals surface area contributed by atoms with Crippen LogP contribution in [0.2, 0.25) is 0 Å². The van der Waals surface area contributed by atoms with Crippen molar-refractivity contribution in [1.29, 1.82) is 0 Å². The van der Waals surface area contributed by atoms with E-state index in [-0.39, 0.29) is 11.3 Å². The molecule has 0 saturated carbocycles. The van der Waals surface area contributed by atoms with Crippen LogP contribution in [0.25, 0.3) is 10.9 Å². The van der Waals surface area contributed by atoms with E-state index in [4.69, 9.17) is 0 Å². The first-order valence-corrected chi connectivity index (χ1v) is 6.21. The zero-order chi connectivity index (χ0) is 13.3. The maximum Gasteiger partial charge on any atom is 0.267 e. The monoisotopic (exact) mass is 244 g/mol. The van der Waals surface area contributed by atoms with Crippen LogP contribution in [0.1, 0.15) is 31.3 Å². The summed E-state index contributed by atoms with van der Waals surface area (Å²) in [5.41, 5.74) is 1.89. The number of benzene rings is 1. The van der Waals surface area contributed by atoms with Crippen LogP contribution in [0.3, 0.4) is 0 Å². The molecule has 1 N–H and O–H groups in total. The van der Waals surface area contributed by atoms with E-state index in [0.29, 0.717) is 12.2 Å². The average molecular weight is 244 g/mol. The Hall–Kier alpha value is -1.77. The molecule has 1 amide bonds. The van der Waals surface area contributed by atoms with Crippen LogP contribution in [-0.4, -0.2) is 17.0 Å². The van der Waals surface area contributed by atoms with E-state index in [0.717, 1.165) is 10.9 Å². The van der Waals surface area contributed by atoms with Crippen molar-refractivity contribution in [3.05, 3.63) is 36.0 Å². The zero-order valence-corrected chi connectivity index (χ0v) is 11.4. The fourth-order valence-electron chi connectivity index (χ4n) is 1.94. The Bertz CT molecular complexity index is 576. The summed E-state index contributed by atoms with van der Waals surface area (Å²) < 4.78 is 1.94. The molecule has 18 heavy (non-hydrogen) atoms. The van der Waals surface area contributed by atoms with E-state index in [2.05, 4.69) is 26.1 Å². The largest absolute Gasteiger partial charge is 0.350 e. The van der Waals surface area contributed by atoms with Crippen molar-refractivity contribution in [2.75, 3.05) is 6.54 Å². The molecular formula is C15H20N2O. The Morgan fingerprint density at radius 3 is 2.56 bits per heavy atom. The molecule has 0 atom stereocenters.